The quantitative estimate of drug-likeness (QED) is 0.248. The third-order valence-corrected chi connectivity index (χ3v) is 6.15. The maximum absolute atomic E-state index is 5.71. The van der Waals surface area contributed by atoms with Crippen LogP contribution >= 0.6 is 35.3 Å². The van der Waals surface area contributed by atoms with Gasteiger partial charge in [0.2, 0.25) is 0 Å². The number of likely N-dealkylation sites (N-methyl/N-ethyl adjacent to an activating group) is 1. The van der Waals surface area contributed by atoms with Crippen molar-refractivity contribution in [3.63, 3.8) is 0 Å². The van der Waals surface area contributed by atoms with Gasteiger partial charge in [-0.05, 0) is 50.9 Å². The minimum Gasteiger partial charge on any atom is -0.379 e. The van der Waals surface area contributed by atoms with E-state index in [9.17, 15) is 0 Å². The van der Waals surface area contributed by atoms with Crippen LogP contribution in [0, 0.1) is 5.92 Å². The van der Waals surface area contributed by atoms with Crippen LogP contribution in [0.25, 0.3) is 0 Å². The van der Waals surface area contributed by atoms with Crippen LogP contribution in [-0.2, 0) is 24.0 Å². The summed E-state index contributed by atoms with van der Waals surface area (Å²) >= 11 is 1.93. The van der Waals surface area contributed by atoms with Crippen molar-refractivity contribution in [3.8, 4) is 0 Å². The smallest absolute Gasteiger partial charge is 0.193 e. The zero-order valence-electron chi connectivity index (χ0n) is 16.1. The molecule has 1 heterocycles. The van der Waals surface area contributed by atoms with Gasteiger partial charge in [0.05, 0.1) is 17.3 Å². The van der Waals surface area contributed by atoms with Crippen molar-refractivity contribution in [1.29, 1.82) is 0 Å². The number of aliphatic imine (C=N–C) groups is 1. The van der Waals surface area contributed by atoms with Gasteiger partial charge in [-0.2, -0.15) is 0 Å². The third-order valence-electron chi connectivity index (χ3n) is 4.94. The Bertz CT molecular complexity index is 550. The molecule has 0 spiro atoms. The number of nitrogens with zero attached hydrogens (tertiary/aromatic N) is 3. The number of fused-ring (bicyclic) bond motifs is 1. The Hall–Kier alpha value is -0.410. The molecule has 1 aromatic heterocycles. The lowest BCUT2D eigenvalue weighted by Crippen LogP contribution is -2.41. The second kappa shape index (κ2) is 11.4. The van der Waals surface area contributed by atoms with Crippen molar-refractivity contribution in [3.05, 3.63) is 15.6 Å². The van der Waals surface area contributed by atoms with Gasteiger partial charge in [-0.25, -0.2) is 4.98 Å². The molecule has 0 bridgehead atoms. The zero-order valence-corrected chi connectivity index (χ0v) is 19.3. The molecule has 1 N–H and O–H groups in total. The van der Waals surface area contributed by atoms with E-state index >= 15 is 0 Å². The average molecular weight is 492 g/mol. The number of thiazole rings is 1. The lowest BCUT2D eigenvalue weighted by atomic mass is 10.0. The van der Waals surface area contributed by atoms with Crippen molar-refractivity contribution in [2.45, 2.75) is 51.4 Å². The molecular weight excluding hydrogens is 459 g/mol. The highest BCUT2D eigenvalue weighted by atomic mass is 127. The summed E-state index contributed by atoms with van der Waals surface area (Å²) in [5.74, 6) is 1.78. The van der Waals surface area contributed by atoms with Gasteiger partial charge in [0, 0.05) is 45.1 Å². The van der Waals surface area contributed by atoms with Crippen molar-refractivity contribution in [2.75, 3.05) is 40.4 Å². The van der Waals surface area contributed by atoms with Gasteiger partial charge in [-0.15, -0.1) is 35.3 Å². The average Bonchev–Trinajstić information content (AvgIpc) is 3.35. The Morgan fingerprint density at radius 1 is 1.35 bits per heavy atom. The first-order valence-electron chi connectivity index (χ1n) is 9.73. The largest absolute Gasteiger partial charge is 0.379 e. The van der Waals surface area contributed by atoms with Crippen molar-refractivity contribution in [2.24, 2.45) is 10.9 Å². The van der Waals surface area contributed by atoms with Crippen LogP contribution in [0.3, 0.4) is 0 Å². The summed E-state index contributed by atoms with van der Waals surface area (Å²) in [6, 6.07) is 0. The number of aromatic nitrogens is 1. The number of aryl methyl sites for hydroxylation is 3. The molecule has 26 heavy (non-hydrogen) atoms. The first-order chi connectivity index (χ1) is 12.3. The van der Waals surface area contributed by atoms with E-state index in [1.807, 2.05) is 18.4 Å². The second-order valence-electron chi connectivity index (χ2n) is 7.20. The van der Waals surface area contributed by atoms with E-state index in [1.165, 1.54) is 54.1 Å². The van der Waals surface area contributed by atoms with Crippen LogP contribution in [0.1, 0.15) is 47.7 Å². The van der Waals surface area contributed by atoms with E-state index in [4.69, 9.17) is 9.72 Å². The summed E-state index contributed by atoms with van der Waals surface area (Å²) in [5, 5.41) is 4.77. The summed E-state index contributed by atoms with van der Waals surface area (Å²) in [6.45, 7) is 3.52. The van der Waals surface area contributed by atoms with E-state index in [2.05, 4.69) is 22.3 Å². The molecule has 2 aliphatic carbocycles. The number of ether oxygens (including phenoxy) is 1. The predicted octanol–water partition coefficient (Wildman–Crippen LogP) is 3.51. The summed E-state index contributed by atoms with van der Waals surface area (Å²) < 4.78 is 5.71. The van der Waals surface area contributed by atoms with Gasteiger partial charge in [-0.1, -0.05) is 0 Å². The Balaban J connectivity index is 0.00000243. The van der Waals surface area contributed by atoms with Crippen molar-refractivity contribution in [1.82, 2.24) is 15.2 Å². The Labute approximate surface area is 179 Å². The van der Waals surface area contributed by atoms with E-state index in [0.717, 1.165) is 51.0 Å². The van der Waals surface area contributed by atoms with Crippen LogP contribution in [0.2, 0.25) is 0 Å². The summed E-state index contributed by atoms with van der Waals surface area (Å²) in [7, 11) is 3.92. The predicted molar refractivity (Wildman–Crippen MR) is 120 cm³/mol. The van der Waals surface area contributed by atoms with Crippen molar-refractivity contribution >= 4 is 41.3 Å². The van der Waals surface area contributed by atoms with Gasteiger partial charge in [0.25, 0.3) is 0 Å². The van der Waals surface area contributed by atoms with E-state index in [0.29, 0.717) is 0 Å². The Morgan fingerprint density at radius 2 is 2.15 bits per heavy atom. The number of hydrogen-bond donors (Lipinski definition) is 1. The number of hydrogen-bond acceptors (Lipinski definition) is 4. The molecule has 3 rings (SSSR count). The van der Waals surface area contributed by atoms with E-state index in [-0.39, 0.29) is 24.0 Å². The maximum Gasteiger partial charge on any atom is 0.193 e. The summed E-state index contributed by atoms with van der Waals surface area (Å²) in [5.41, 5.74) is 1.38. The van der Waals surface area contributed by atoms with Crippen LogP contribution in [0.15, 0.2) is 4.99 Å². The Morgan fingerprint density at radius 3 is 2.88 bits per heavy atom. The first-order valence-corrected chi connectivity index (χ1v) is 10.5. The SMILES string of the molecule is CN=C(NCCCc1nc2c(s1)CCCC2)N(C)CCOCC1CC1.I. The standard InChI is InChI=1S/C19H32N4OS.HI/c1-20-19(23(2)12-13-24-14-15-9-10-15)21-11-5-8-18-22-16-6-3-4-7-17(16)25-18;/h15H,3-14H2,1-2H3,(H,20,21);1H. The molecule has 1 aromatic rings. The lowest BCUT2D eigenvalue weighted by molar-refractivity contribution is 0.115. The number of nitrogens with one attached hydrogen (secondary N) is 1. The lowest BCUT2D eigenvalue weighted by Gasteiger charge is -2.22. The molecule has 0 amide bonds. The topological polar surface area (TPSA) is 49.8 Å². The maximum atomic E-state index is 5.71. The van der Waals surface area contributed by atoms with Gasteiger partial charge in [0.1, 0.15) is 0 Å². The van der Waals surface area contributed by atoms with E-state index in [1.54, 1.807) is 0 Å². The van der Waals surface area contributed by atoms with Crippen LogP contribution in [0.4, 0.5) is 0 Å². The molecule has 0 aliphatic heterocycles. The van der Waals surface area contributed by atoms with Gasteiger partial charge in [-0.3, -0.25) is 4.99 Å². The fraction of sp³-hybridized carbons (Fsp3) is 0.789. The molecule has 0 atom stereocenters. The molecule has 7 heteroatoms. The van der Waals surface area contributed by atoms with Crippen LogP contribution < -0.4 is 5.32 Å². The molecule has 0 radical (unpaired) electrons. The number of guanidine groups is 1. The molecule has 148 valence electrons. The third kappa shape index (κ3) is 6.96. The number of halogens is 1. The first kappa shape index (κ1) is 21.9. The highest BCUT2D eigenvalue weighted by Crippen LogP contribution is 2.28. The molecule has 1 saturated carbocycles. The molecular formula is C19H33IN4OS. The highest BCUT2D eigenvalue weighted by Gasteiger charge is 2.21. The number of rotatable bonds is 9. The normalized spacial score (nSPS) is 16.8. The summed E-state index contributed by atoms with van der Waals surface area (Å²) in [4.78, 5) is 12.9. The summed E-state index contributed by atoms with van der Waals surface area (Å²) in [6.07, 6.45) is 9.93. The molecule has 0 saturated heterocycles. The van der Waals surface area contributed by atoms with E-state index < -0.39 is 0 Å². The molecule has 0 unspecified atom stereocenters. The second-order valence-corrected chi connectivity index (χ2v) is 8.37. The zero-order chi connectivity index (χ0) is 17.5. The fourth-order valence-corrected chi connectivity index (χ4v) is 4.38. The molecule has 0 aromatic carbocycles. The minimum absolute atomic E-state index is 0. The molecule has 5 nitrogen and oxygen atoms in total. The van der Waals surface area contributed by atoms with Crippen LogP contribution in [0.5, 0.6) is 0 Å². The molecule has 1 fully saturated rings. The van der Waals surface area contributed by atoms with Gasteiger partial charge in [0.15, 0.2) is 5.96 Å². The highest BCUT2D eigenvalue weighted by molar-refractivity contribution is 14.0. The van der Waals surface area contributed by atoms with Gasteiger partial charge < -0.3 is 15.0 Å². The minimum atomic E-state index is 0. The van der Waals surface area contributed by atoms with Crippen molar-refractivity contribution < 1.29 is 4.74 Å². The molecule has 2 aliphatic rings. The van der Waals surface area contributed by atoms with Crippen LogP contribution in [-0.4, -0.2) is 56.2 Å². The monoisotopic (exact) mass is 492 g/mol. The Kier molecular flexibility index (Phi) is 9.63. The fourth-order valence-electron chi connectivity index (χ4n) is 3.18. The van der Waals surface area contributed by atoms with Gasteiger partial charge >= 0.3 is 0 Å².